The van der Waals surface area contributed by atoms with Crippen LogP contribution in [0.25, 0.3) is 0 Å². The van der Waals surface area contributed by atoms with Crippen molar-refractivity contribution in [1.82, 2.24) is 0 Å². The number of benzene rings is 1. The summed E-state index contributed by atoms with van der Waals surface area (Å²) in [6.45, 7) is 0.716. The molecule has 0 bridgehead atoms. The number of hydrogen-bond donors (Lipinski definition) is 1. The summed E-state index contributed by atoms with van der Waals surface area (Å²) in [5.74, 6) is 0.744. The van der Waals surface area contributed by atoms with Gasteiger partial charge in [0.15, 0.2) is 0 Å². The number of carbonyl (C=O) groups is 1. The minimum Gasteiger partial charge on any atom is -0.330 e. The highest BCUT2D eigenvalue weighted by molar-refractivity contribution is 5.95. The maximum absolute atomic E-state index is 12.5. The van der Waals surface area contributed by atoms with Crippen molar-refractivity contribution >= 4 is 11.6 Å². The Morgan fingerprint density at radius 2 is 2.00 bits per heavy atom. The summed E-state index contributed by atoms with van der Waals surface area (Å²) in [6.07, 6.45) is 3.86. The largest absolute Gasteiger partial charge is 0.330 e. The van der Waals surface area contributed by atoms with E-state index in [4.69, 9.17) is 11.0 Å². The molecule has 0 atom stereocenters. The molecule has 1 amide bonds. The number of carbonyl (C=O) groups excluding carboxylic acids is 1. The number of nitrogens with zero attached hydrogens (tertiary/aromatic N) is 2. The second-order valence-corrected chi connectivity index (χ2v) is 5.48. The van der Waals surface area contributed by atoms with E-state index in [0.29, 0.717) is 23.7 Å². The fourth-order valence-electron chi connectivity index (χ4n) is 2.90. The van der Waals surface area contributed by atoms with Gasteiger partial charge in [-0.05, 0) is 50.3 Å². The zero-order valence-corrected chi connectivity index (χ0v) is 11.9. The lowest BCUT2D eigenvalue weighted by Crippen LogP contribution is -2.36. The van der Waals surface area contributed by atoms with Gasteiger partial charge in [-0.1, -0.05) is 12.1 Å². The summed E-state index contributed by atoms with van der Waals surface area (Å²) in [6, 6.07) is 9.37. The van der Waals surface area contributed by atoms with Crippen LogP contribution in [0.15, 0.2) is 24.3 Å². The number of nitrogens with two attached hydrogens (primary N) is 1. The molecule has 4 heteroatoms. The van der Waals surface area contributed by atoms with Crippen molar-refractivity contribution in [2.24, 2.45) is 17.6 Å². The highest BCUT2D eigenvalue weighted by atomic mass is 16.2. The minimum absolute atomic E-state index is 0.0644. The maximum Gasteiger partial charge on any atom is 0.229 e. The molecule has 20 heavy (non-hydrogen) atoms. The molecule has 0 heterocycles. The van der Waals surface area contributed by atoms with Crippen LogP contribution >= 0.6 is 0 Å². The van der Waals surface area contributed by atoms with Gasteiger partial charge in [0.05, 0.1) is 11.3 Å². The summed E-state index contributed by atoms with van der Waals surface area (Å²) in [4.78, 5) is 14.2. The van der Waals surface area contributed by atoms with Gasteiger partial charge in [0, 0.05) is 13.0 Å². The quantitative estimate of drug-likeness (QED) is 0.917. The number of para-hydroxylation sites is 1. The van der Waals surface area contributed by atoms with E-state index in [9.17, 15) is 4.79 Å². The number of anilines is 1. The van der Waals surface area contributed by atoms with Gasteiger partial charge < -0.3 is 10.6 Å². The van der Waals surface area contributed by atoms with Crippen LogP contribution in [0, 0.1) is 23.2 Å². The third-order valence-electron chi connectivity index (χ3n) is 4.25. The monoisotopic (exact) mass is 271 g/mol. The molecule has 1 aromatic carbocycles. The lowest BCUT2D eigenvalue weighted by molar-refractivity contribution is -0.123. The summed E-state index contributed by atoms with van der Waals surface area (Å²) in [5.41, 5.74) is 6.92. The lowest BCUT2D eigenvalue weighted by Gasteiger charge is -2.30. The average Bonchev–Trinajstić information content (AvgIpc) is 2.53. The first-order chi connectivity index (χ1) is 9.67. The van der Waals surface area contributed by atoms with Gasteiger partial charge in [-0.25, -0.2) is 0 Å². The Balaban J connectivity index is 2.08. The molecule has 1 saturated carbocycles. The topological polar surface area (TPSA) is 70.1 Å². The molecule has 0 aromatic heterocycles. The Bertz CT molecular complexity index is 513. The van der Waals surface area contributed by atoms with Crippen molar-refractivity contribution in [2.45, 2.75) is 25.7 Å². The van der Waals surface area contributed by atoms with Crippen molar-refractivity contribution in [3.8, 4) is 6.07 Å². The van der Waals surface area contributed by atoms with E-state index in [1.54, 1.807) is 18.0 Å². The molecule has 0 aliphatic heterocycles. The summed E-state index contributed by atoms with van der Waals surface area (Å²) < 4.78 is 0. The van der Waals surface area contributed by atoms with Crippen LogP contribution in [-0.4, -0.2) is 19.5 Å². The summed E-state index contributed by atoms with van der Waals surface area (Å²) in [5, 5.41) is 9.12. The molecule has 1 aromatic rings. The summed E-state index contributed by atoms with van der Waals surface area (Å²) >= 11 is 0. The standard InChI is InChI=1S/C16H21N3O/c1-19(15-5-3-2-4-14(15)11-18)16(20)13-8-6-12(10-17)7-9-13/h2-5,12-13H,6-10,17H2,1H3. The predicted octanol–water partition coefficient (Wildman–Crippen LogP) is 2.29. The van der Waals surface area contributed by atoms with Gasteiger partial charge in [0.25, 0.3) is 0 Å². The number of hydrogen-bond acceptors (Lipinski definition) is 3. The molecular formula is C16H21N3O. The van der Waals surface area contributed by atoms with Crippen molar-refractivity contribution in [3.05, 3.63) is 29.8 Å². The molecule has 1 aliphatic carbocycles. The molecule has 1 aliphatic rings. The van der Waals surface area contributed by atoms with E-state index in [1.807, 2.05) is 18.2 Å². The first kappa shape index (κ1) is 14.5. The van der Waals surface area contributed by atoms with Crippen molar-refractivity contribution < 1.29 is 4.79 Å². The Morgan fingerprint density at radius 3 is 2.60 bits per heavy atom. The molecule has 0 saturated heterocycles. The third kappa shape index (κ3) is 3.00. The van der Waals surface area contributed by atoms with Crippen LogP contribution in [0.2, 0.25) is 0 Å². The van der Waals surface area contributed by atoms with Gasteiger partial charge in [0.2, 0.25) is 5.91 Å². The van der Waals surface area contributed by atoms with Gasteiger partial charge in [-0.3, -0.25) is 4.79 Å². The van der Waals surface area contributed by atoms with Gasteiger partial charge >= 0.3 is 0 Å². The lowest BCUT2D eigenvalue weighted by atomic mass is 9.81. The first-order valence-corrected chi connectivity index (χ1v) is 7.14. The second kappa shape index (κ2) is 6.53. The van der Waals surface area contributed by atoms with Crippen molar-refractivity contribution in [2.75, 3.05) is 18.5 Å². The second-order valence-electron chi connectivity index (χ2n) is 5.48. The van der Waals surface area contributed by atoms with E-state index in [1.165, 1.54) is 0 Å². The molecule has 1 fully saturated rings. The van der Waals surface area contributed by atoms with E-state index in [2.05, 4.69) is 6.07 Å². The minimum atomic E-state index is 0.0644. The molecular weight excluding hydrogens is 250 g/mol. The number of amides is 1. The predicted molar refractivity (Wildman–Crippen MR) is 79.1 cm³/mol. The summed E-state index contributed by atoms with van der Waals surface area (Å²) in [7, 11) is 1.76. The van der Waals surface area contributed by atoms with Crippen LogP contribution in [-0.2, 0) is 4.79 Å². The van der Waals surface area contributed by atoms with E-state index in [0.717, 1.165) is 25.7 Å². The smallest absolute Gasteiger partial charge is 0.229 e. The SMILES string of the molecule is CN(C(=O)C1CCC(CN)CC1)c1ccccc1C#N. The zero-order valence-electron chi connectivity index (χ0n) is 11.9. The fraction of sp³-hybridized carbons (Fsp3) is 0.500. The molecule has 0 unspecified atom stereocenters. The van der Waals surface area contributed by atoms with E-state index >= 15 is 0 Å². The van der Waals surface area contributed by atoms with Crippen molar-refractivity contribution in [3.63, 3.8) is 0 Å². The van der Waals surface area contributed by atoms with Gasteiger partial charge in [-0.15, -0.1) is 0 Å². The van der Waals surface area contributed by atoms with Crippen LogP contribution in [0.5, 0.6) is 0 Å². The van der Waals surface area contributed by atoms with Gasteiger partial charge in [0.1, 0.15) is 6.07 Å². The van der Waals surface area contributed by atoms with Crippen molar-refractivity contribution in [1.29, 1.82) is 5.26 Å². The van der Waals surface area contributed by atoms with Crippen LogP contribution < -0.4 is 10.6 Å². The molecule has 4 nitrogen and oxygen atoms in total. The third-order valence-corrected chi connectivity index (χ3v) is 4.25. The first-order valence-electron chi connectivity index (χ1n) is 7.14. The molecule has 106 valence electrons. The molecule has 0 spiro atoms. The average molecular weight is 271 g/mol. The van der Waals surface area contributed by atoms with Crippen LogP contribution in [0.4, 0.5) is 5.69 Å². The zero-order chi connectivity index (χ0) is 14.5. The Morgan fingerprint density at radius 1 is 1.35 bits per heavy atom. The number of rotatable bonds is 3. The maximum atomic E-state index is 12.5. The highest BCUT2D eigenvalue weighted by Gasteiger charge is 2.28. The molecule has 0 radical (unpaired) electrons. The van der Waals surface area contributed by atoms with Crippen LogP contribution in [0.1, 0.15) is 31.2 Å². The normalized spacial score (nSPS) is 22.1. The van der Waals surface area contributed by atoms with E-state index in [-0.39, 0.29) is 11.8 Å². The fourth-order valence-corrected chi connectivity index (χ4v) is 2.90. The Hall–Kier alpha value is -1.86. The highest BCUT2D eigenvalue weighted by Crippen LogP contribution is 2.31. The van der Waals surface area contributed by atoms with E-state index < -0.39 is 0 Å². The van der Waals surface area contributed by atoms with Crippen LogP contribution in [0.3, 0.4) is 0 Å². The Labute approximate surface area is 120 Å². The van der Waals surface area contributed by atoms with Gasteiger partial charge in [-0.2, -0.15) is 5.26 Å². The molecule has 2 N–H and O–H groups in total. The molecule has 2 rings (SSSR count). The Kier molecular flexibility index (Phi) is 4.75. The number of nitriles is 1.